The van der Waals surface area contributed by atoms with Crippen molar-refractivity contribution in [2.24, 2.45) is 0 Å². The van der Waals surface area contributed by atoms with Crippen molar-refractivity contribution in [3.05, 3.63) is 59.7 Å². The van der Waals surface area contributed by atoms with Gasteiger partial charge in [-0.1, -0.05) is 24.3 Å². The zero-order chi connectivity index (χ0) is 22.0. The smallest absolute Gasteiger partial charge is 0.291 e. The largest absolute Gasteiger partial charge is 0.355 e. The molecule has 0 aliphatic heterocycles. The fourth-order valence-electron chi connectivity index (χ4n) is 3.51. The molecule has 0 radical (unpaired) electrons. The predicted octanol–water partition coefficient (Wildman–Crippen LogP) is 3.90. The quantitative estimate of drug-likeness (QED) is 0.535. The van der Waals surface area contributed by atoms with E-state index in [9.17, 15) is 18.4 Å². The van der Waals surface area contributed by atoms with Crippen LogP contribution in [0.25, 0.3) is 11.0 Å². The van der Waals surface area contributed by atoms with Gasteiger partial charge in [0.05, 0.1) is 11.0 Å². The molecule has 9 heteroatoms. The van der Waals surface area contributed by atoms with Gasteiger partial charge < -0.3 is 14.8 Å². The summed E-state index contributed by atoms with van der Waals surface area (Å²) in [5.74, 6) is -2.93. The molecule has 1 aliphatic rings. The average Bonchev–Trinajstić information content (AvgIpc) is 3.55. The number of benzene rings is 2. The highest BCUT2D eigenvalue weighted by molar-refractivity contribution is 7.99. The van der Waals surface area contributed by atoms with Crippen LogP contribution in [0.4, 0.5) is 8.78 Å². The van der Waals surface area contributed by atoms with Gasteiger partial charge in [-0.05, 0) is 54.4 Å². The Hall–Kier alpha value is -2.94. The van der Waals surface area contributed by atoms with Crippen LogP contribution in [0.15, 0.2) is 53.7 Å². The van der Waals surface area contributed by atoms with Crippen LogP contribution in [0, 0.1) is 0 Å². The summed E-state index contributed by atoms with van der Waals surface area (Å²) in [6.07, 6.45) is 1.84. The number of amides is 2. The van der Waals surface area contributed by atoms with E-state index in [0.29, 0.717) is 34.9 Å². The van der Waals surface area contributed by atoms with Crippen LogP contribution in [-0.4, -0.2) is 45.1 Å². The summed E-state index contributed by atoms with van der Waals surface area (Å²) in [5.41, 5.74) is 2.70. The SMILES string of the molecule is CNC(=O)c1ccc(CN(C(=O)Cn2c(SC(F)F)nc3ccccc32)C2CC2)cc1. The maximum Gasteiger partial charge on any atom is 0.291 e. The lowest BCUT2D eigenvalue weighted by Gasteiger charge is -2.23. The number of aromatic nitrogens is 2. The van der Waals surface area contributed by atoms with Crippen LogP contribution in [-0.2, 0) is 17.9 Å². The van der Waals surface area contributed by atoms with Crippen LogP contribution >= 0.6 is 11.8 Å². The lowest BCUT2D eigenvalue weighted by atomic mass is 10.1. The summed E-state index contributed by atoms with van der Waals surface area (Å²) in [6, 6.07) is 14.4. The van der Waals surface area contributed by atoms with Gasteiger partial charge >= 0.3 is 0 Å². The van der Waals surface area contributed by atoms with Crippen LogP contribution in [0.2, 0.25) is 0 Å². The number of thioether (sulfide) groups is 1. The highest BCUT2D eigenvalue weighted by Gasteiger charge is 2.33. The molecular formula is C22H22F2N4O2S. The van der Waals surface area contributed by atoms with Crippen molar-refractivity contribution in [3.8, 4) is 0 Å². The molecule has 1 N–H and O–H groups in total. The van der Waals surface area contributed by atoms with Gasteiger partial charge in [-0.15, -0.1) is 0 Å². The Bertz CT molecular complexity index is 1100. The second-order valence-corrected chi connectivity index (χ2v) is 8.33. The third-order valence-corrected chi connectivity index (χ3v) is 5.91. The Labute approximate surface area is 182 Å². The lowest BCUT2D eigenvalue weighted by molar-refractivity contribution is -0.133. The molecule has 1 saturated carbocycles. The molecule has 1 aromatic heterocycles. The Balaban J connectivity index is 1.55. The maximum atomic E-state index is 13.2. The van der Waals surface area contributed by atoms with E-state index < -0.39 is 5.76 Å². The molecule has 3 aromatic rings. The van der Waals surface area contributed by atoms with E-state index in [-0.39, 0.29) is 29.6 Å². The number of alkyl halides is 2. The monoisotopic (exact) mass is 444 g/mol. The van der Waals surface area contributed by atoms with E-state index in [0.717, 1.165) is 18.4 Å². The number of hydrogen-bond donors (Lipinski definition) is 1. The van der Waals surface area contributed by atoms with Crippen molar-refractivity contribution < 1.29 is 18.4 Å². The number of halogens is 2. The minimum atomic E-state index is -2.62. The van der Waals surface area contributed by atoms with E-state index in [1.807, 2.05) is 12.1 Å². The van der Waals surface area contributed by atoms with E-state index in [1.54, 1.807) is 52.9 Å². The highest BCUT2D eigenvalue weighted by Crippen LogP contribution is 2.31. The fourth-order valence-corrected chi connectivity index (χ4v) is 4.11. The summed E-state index contributed by atoms with van der Waals surface area (Å²) in [4.78, 5) is 31.0. The Morgan fingerprint density at radius 3 is 2.55 bits per heavy atom. The van der Waals surface area contributed by atoms with Gasteiger partial charge in [0.25, 0.3) is 11.7 Å². The number of para-hydroxylation sites is 2. The molecule has 1 fully saturated rings. The van der Waals surface area contributed by atoms with Gasteiger partial charge in [-0.3, -0.25) is 9.59 Å². The minimum Gasteiger partial charge on any atom is -0.355 e. The molecule has 1 heterocycles. The molecule has 0 unspecified atom stereocenters. The molecule has 0 bridgehead atoms. The number of carbonyl (C=O) groups is 2. The zero-order valence-corrected chi connectivity index (χ0v) is 17.7. The van der Waals surface area contributed by atoms with Gasteiger partial charge in [0.2, 0.25) is 5.91 Å². The van der Waals surface area contributed by atoms with Crippen molar-refractivity contribution in [2.45, 2.75) is 42.9 Å². The van der Waals surface area contributed by atoms with Crippen LogP contribution in [0.1, 0.15) is 28.8 Å². The first-order valence-corrected chi connectivity index (χ1v) is 10.8. The van der Waals surface area contributed by atoms with Crippen LogP contribution < -0.4 is 5.32 Å². The molecule has 0 spiro atoms. The van der Waals surface area contributed by atoms with Crippen molar-refractivity contribution in [3.63, 3.8) is 0 Å². The van der Waals surface area contributed by atoms with Gasteiger partial charge in [-0.25, -0.2) is 4.98 Å². The lowest BCUT2D eigenvalue weighted by Crippen LogP contribution is -2.35. The third-order valence-electron chi connectivity index (χ3n) is 5.21. The zero-order valence-electron chi connectivity index (χ0n) is 16.9. The predicted molar refractivity (Wildman–Crippen MR) is 115 cm³/mol. The van der Waals surface area contributed by atoms with Gasteiger partial charge in [0, 0.05) is 25.2 Å². The second-order valence-electron chi connectivity index (χ2n) is 7.38. The first kappa shape index (κ1) is 21.3. The first-order valence-electron chi connectivity index (χ1n) is 9.97. The van der Waals surface area contributed by atoms with Crippen LogP contribution in [0.3, 0.4) is 0 Å². The second kappa shape index (κ2) is 9.05. The van der Waals surface area contributed by atoms with E-state index >= 15 is 0 Å². The molecule has 0 atom stereocenters. The highest BCUT2D eigenvalue weighted by atomic mass is 32.2. The standard InChI is InChI=1S/C22H22F2N4O2S/c1-25-20(30)15-8-6-14(7-9-15)12-27(16-10-11-16)19(29)13-28-18-5-3-2-4-17(18)26-22(28)31-21(23)24/h2-9,16,21H,10-13H2,1H3,(H,25,30). The molecular weight excluding hydrogens is 422 g/mol. The molecule has 4 rings (SSSR count). The Morgan fingerprint density at radius 2 is 1.90 bits per heavy atom. The Morgan fingerprint density at radius 1 is 1.19 bits per heavy atom. The minimum absolute atomic E-state index is 0.0532. The molecule has 2 aromatic carbocycles. The molecule has 6 nitrogen and oxygen atoms in total. The van der Waals surface area contributed by atoms with Gasteiger partial charge in [0.1, 0.15) is 6.54 Å². The number of imidazole rings is 1. The van der Waals surface area contributed by atoms with Gasteiger partial charge in [-0.2, -0.15) is 8.78 Å². The Kier molecular flexibility index (Phi) is 6.22. The van der Waals surface area contributed by atoms with Crippen LogP contribution in [0.5, 0.6) is 0 Å². The normalized spacial score (nSPS) is 13.5. The first-order chi connectivity index (χ1) is 15.0. The fraction of sp³-hybridized carbons (Fsp3) is 0.318. The molecule has 2 amide bonds. The summed E-state index contributed by atoms with van der Waals surface area (Å²) in [5, 5.41) is 2.71. The van der Waals surface area contributed by atoms with E-state index in [2.05, 4.69) is 10.3 Å². The van der Waals surface area contributed by atoms with Crippen molar-refractivity contribution >= 4 is 34.6 Å². The summed E-state index contributed by atoms with van der Waals surface area (Å²) < 4.78 is 27.7. The van der Waals surface area contributed by atoms with Gasteiger partial charge in [0.15, 0.2) is 5.16 Å². The molecule has 162 valence electrons. The maximum absolute atomic E-state index is 13.2. The summed E-state index contributed by atoms with van der Waals surface area (Å²) in [7, 11) is 1.57. The number of carbonyl (C=O) groups excluding carboxylic acids is 2. The number of hydrogen-bond acceptors (Lipinski definition) is 4. The molecule has 1 aliphatic carbocycles. The molecule has 31 heavy (non-hydrogen) atoms. The number of rotatable bonds is 8. The van der Waals surface area contributed by atoms with Crippen molar-refractivity contribution in [1.82, 2.24) is 19.8 Å². The van der Waals surface area contributed by atoms with Crippen molar-refractivity contribution in [1.29, 1.82) is 0 Å². The van der Waals surface area contributed by atoms with E-state index in [4.69, 9.17) is 0 Å². The molecule has 0 saturated heterocycles. The third kappa shape index (κ3) is 4.87. The summed E-state index contributed by atoms with van der Waals surface area (Å²) >= 11 is 0.349. The van der Waals surface area contributed by atoms with E-state index in [1.165, 1.54) is 0 Å². The number of nitrogens with zero attached hydrogens (tertiary/aromatic N) is 3. The van der Waals surface area contributed by atoms with Crippen molar-refractivity contribution in [2.75, 3.05) is 7.05 Å². The summed E-state index contributed by atoms with van der Waals surface area (Å²) in [6.45, 7) is 0.351. The number of nitrogens with one attached hydrogen (secondary N) is 1. The number of fused-ring (bicyclic) bond motifs is 1. The average molecular weight is 445 g/mol. The topological polar surface area (TPSA) is 67.2 Å².